The van der Waals surface area contributed by atoms with Crippen LogP contribution in [0, 0.1) is 6.92 Å². The van der Waals surface area contributed by atoms with Crippen molar-refractivity contribution >= 4 is 44.8 Å². The largest absolute Gasteiger partial charge is 0.296 e. The number of rotatable bonds is 6. The molecule has 28 heavy (non-hydrogen) atoms. The lowest BCUT2D eigenvalue weighted by Crippen LogP contribution is -2.34. The molecule has 2 aromatic heterocycles. The number of amides is 2. The minimum absolute atomic E-state index is 0.0392. The van der Waals surface area contributed by atoms with E-state index in [-0.39, 0.29) is 17.9 Å². The van der Waals surface area contributed by atoms with Crippen LogP contribution >= 0.6 is 22.7 Å². The van der Waals surface area contributed by atoms with Crippen molar-refractivity contribution < 1.29 is 9.59 Å². The molecule has 1 aromatic carbocycles. The lowest BCUT2D eigenvalue weighted by molar-refractivity contribution is -0.116. The molecule has 3 rings (SSSR count). The number of nitrogens with zero attached hydrogens (tertiary/aromatic N) is 4. The maximum atomic E-state index is 12.7. The molecule has 0 saturated heterocycles. The zero-order chi connectivity index (χ0) is 20.3. The molecule has 1 N–H and O–H groups in total. The molecular weight excluding hydrogens is 394 g/mol. The molecule has 3 aromatic rings. The normalized spacial score (nSPS) is 10.9. The highest BCUT2D eigenvalue weighted by Crippen LogP contribution is 2.29. The van der Waals surface area contributed by atoms with E-state index in [9.17, 15) is 9.59 Å². The van der Waals surface area contributed by atoms with E-state index in [2.05, 4.69) is 20.5 Å². The first kappa shape index (κ1) is 20.1. The van der Waals surface area contributed by atoms with Crippen molar-refractivity contribution in [2.45, 2.75) is 40.2 Å². The predicted octanol–water partition coefficient (Wildman–Crippen LogP) is 3.91. The van der Waals surface area contributed by atoms with Crippen molar-refractivity contribution in [1.29, 1.82) is 0 Å². The second-order valence-corrected chi connectivity index (χ2v) is 8.55. The zero-order valence-corrected chi connectivity index (χ0v) is 17.7. The second kappa shape index (κ2) is 8.57. The van der Waals surface area contributed by atoms with Crippen LogP contribution in [0.1, 0.15) is 46.7 Å². The molecule has 146 valence electrons. The van der Waals surface area contributed by atoms with Crippen molar-refractivity contribution in [3.05, 3.63) is 51.5 Å². The fraction of sp³-hybridized carbons (Fsp3) is 0.316. The van der Waals surface area contributed by atoms with Crippen LogP contribution in [-0.2, 0) is 11.2 Å². The Morgan fingerprint density at radius 2 is 1.86 bits per heavy atom. The quantitative estimate of drug-likeness (QED) is 0.659. The van der Waals surface area contributed by atoms with Gasteiger partial charge in [0.25, 0.3) is 5.91 Å². The van der Waals surface area contributed by atoms with Crippen molar-refractivity contribution in [3.63, 3.8) is 0 Å². The Bertz CT molecular complexity index is 981. The molecule has 0 radical (unpaired) electrons. The van der Waals surface area contributed by atoms with Gasteiger partial charge in [0.15, 0.2) is 5.13 Å². The summed E-state index contributed by atoms with van der Waals surface area (Å²) in [6.45, 7) is 7.07. The van der Waals surface area contributed by atoms with Crippen LogP contribution < -0.4 is 10.2 Å². The van der Waals surface area contributed by atoms with Crippen molar-refractivity contribution in [3.8, 4) is 0 Å². The van der Waals surface area contributed by atoms with Crippen LogP contribution in [0.15, 0.2) is 30.3 Å². The van der Waals surface area contributed by atoms with Gasteiger partial charge >= 0.3 is 0 Å². The number of carbonyl (C=O) groups is 2. The number of hydrogen-bond acceptors (Lipinski definition) is 7. The van der Waals surface area contributed by atoms with Gasteiger partial charge in [0.2, 0.25) is 11.0 Å². The monoisotopic (exact) mass is 415 g/mol. The Morgan fingerprint density at radius 1 is 1.14 bits per heavy atom. The smallest absolute Gasteiger partial charge is 0.269 e. The van der Waals surface area contributed by atoms with Gasteiger partial charge in [-0.3, -0.25) is 19.8 Å². The van der Waals surface area contributed by atoms with Crippen molar-refractivity contribution in [1.82, 2.24) is 15.2 Å². The Morgan fingerprint density at radius 3 is 2.50 bits per heavy atom. The Hall–Kier alpha value is -2.65. The first-order valence-electron chi connectivity index (χ1n) is 8.80. The highest BCUT2D eigenvalue weighted by atomic mass is 32.1. The van der Waals surface area contributed by atoms with Gasteiger partial charge in [-0.1, -0.05) is 53.0 Å². The number of aryl methyl sites for hydroxylation is 1. The van der Waals surface area contributed by atoms with E-state index in [1.807, 2.05) is 44.2 Å². The van der Waals surface area contributed by atoms with E-state index in [1.54, 1.807) is 11.8 Å². The topological polar surface area (TPSA) is 88.1 Å². The van der Waals surface area contributed by atoms with E-state index in [0.717, 1.165) is 10.6 Å². The number of anilines is 2. The molecule has 0 aliphatic heterocycles. The van der Waals surface area contributed by atoms with Crippen LogP contribution in [0.2, 0.25) is 0 Å². The molecular formula is C19H21N5O2S2. The second-order valence-electron chi connectivity index (χ2n) is 6.51. The fourth-order valence-corrected chi connectivity index (χ4v) is 4.62. The van der Waals surface area contributed by atoms with E-state index >= 15 is 0 Å². The van der Waals surface area contributed by atoms with E-state index in [4.69, 9.17) is 0 Å². The van der Waals surface area contributed by atoms with Crippen LogP contribution in [0.5, 0.6) is 0 Å². The minimum Gasteiger partial charge on any atom is -0.296 e. The zero-order valence-electron chi connectivity index (χ0n) is 16.1. The average Bonchev–Trinajstić information content (AvgIpc) is 3.21. The lowest BCUT2D eigenvalue weighted by atomic mass is 10.2. The number of aromatic nitrogens is 3. The molecule has 9 heteroatoms. The summed E-state index contributed by atoms with van der Waals surface area (Å²) in [5.41, 5.74) is 1.72. The van der Waals surface area contributed by atoms with Crippen LogP contribution in [0.4, 0.5) is 10.3 Å². The molecule has 0 saturated carbocycles. The lowest BCUT2D eigenvalue weighted by Gasteiger charge is -2.21. The molecule has 0 aliphatic rings. The van der Waals surface area contributed by atoms with Crippen LogP contribution in [-0.4, -0.2) is 33.0 Å². The first-order chi connectivity index (χ1) is 13.3. The maximum Gasteiger partial charge on any atom is 0.269 e. The summed E-state index contributed by atoms with van der Waals surface area (Å²) in [6, 6.07) is 9.93. The first-order valence-corrected chi connectivity index (χ1v) is 10.4. The van der Waals surface area contributed by atoms with Crippen LogP contribution in [0.25, 0.3) is 0 Å². The Labute approximate surface area is 171 Å². The standard InChI is InChI=1S/C19H21N5O2S2/c1-11(2)24(13(4)25)19-20-12(3)16(28-19)17(26)21-18-23-22-15(27-18)10-14-8-6-5-7-9-14/h5-9,11H,10H2,1-4H3,(H,21,23,26). The molecule has 0 fully saturated rings. The van der Waals surface area contributed by atoms with Gasteiger partial charge in [0, 0.05) is 19.4 Å². The third-order valence-corrected chi connectivity index (χ3v) is 5.93. The molecule has 0 unspecified atom stereocenters. The van der Waals surface area contributed by atoms with E-state index in [0.29, 0.717) is 27.3 Å². The summed E-state index contributed by atoms with van der Waals surface area (Å²) in [6.07, 6.45) is 0.667. The number of thiazole rings is 1. The molecule has 0 bridgehead atoms. The average molecular weight is 416 g/mol. The summed E-state index contributed by atoms with van der Waals surface area (Å²) < 4.78 is 0. The SMILES string of the molecule is CC(=O)N(c1nc(C)c(C(=O)Nc2nnc(Cc3ccccc3)s2)s1)C(C)C. The Kier molecular flexibility index (Phi) is 6.15. The minimum atomic E-state index is -0.295. The number of carbonyl (C=O) groups excluding carboxylic acids is 2. The summed E-state index contributed by atoms with van der Waals surface area (Å²) >= 11 is 2.54. The highest BCUT2D eigenvalue weighted by molar-refractivity contribution is 7.18. The van der Waals surface area contributed by atoms with Crippen molar-refractivity contribution in [2.24, 2.45) is 0 Å². The number of nitrogens with one attached hydrogen (secondary N) is 1. The molecule has 0 atom stereocenters. The molecule has 7 nitrogen and oxygen atoms in total. The van der Waals surface area contributed by atoms with Crippen molar-refractivity contribution in [2.75, 3.05) is 10.2 Å². The van der Waals surface area contributed by atoms with Gasteiger partial charge in [-0.25, -0.2) is 4.98 Å². The third-order valence-electron chi connectivity index (χ3n) is 3.94. The van der Waals surface area contributed by atoms with Gasteiger partial charge in [-0.2, -0.15) is 0 Å². The summed E-state index contributed by atoms with van der Waals surface area (Å²) in [5, 5.41) is 12.8. The number of hydrogen-bond donors (Lipinski definition) is 1. The molecule has 0 spiro atoms. The summed E-state index contributed by atoms with van der Waals surface area (Å²) in [5.74, 6) is -0.402. The van der Waals surface area contributed by atoms with E-state index in [1.165, 1.54) is 29.6 Å². The third kappa shape index (κ3) is 4.60. The maximum absolute atomic E-state index is 12.7. The Balaban J connectivity index is 1.72. The van der Waals surface area contributed by atoms with Crippen LogP contribution in [0.3, 0.4) is 0 Å². The van der Waals surface area contributed by atoms with Gasteiger partial charge in [0.1, 0.15) is 9.88 Å². The highest BCUT2D eigenvalue weighted by Gasteiger charge is 2.23. The van der Waals surface area contributed by atoms with Gasteiger partial charge < -0.3 is 0 Å². The fourth-order valence-electron chi connectivity index (χ4n) is 2.71. The molecule has 2 heterocycles. The van der Waals surface area contributed by atoms with Gasteiger partial charge in [-0.15, -0.1) is 10.2 Å². The summed E-state index contributed by atoms with van der Waals surface area (Å²) in [7, 11) is 0. The predicted molar refractivity (Wildman–Crippen MR) is 112 cm³/mol. The molecule has 0 aliphatic carbocycles. The summed E-state index contributed by atoms with van der Waals surface area (Å²) in [4.78, 5) is 31.0. The van der Waals surface area contributed by atoms with Gasteiger partial charge in [0.05, 0.1) is 5.69 Å². The number of benzene rings is 1. The van der Waals surface area contributed by atoms with Gasteiger partial charge in [-0.05, 0) is 26.3 Å². The van der Waals surface area contributed by atoms with E-state index < -0.39 is 0 Å². The molecule has 2 amide bonds.